The van der Waals surface area contributed by atoms with Crippen molar-refractivity contribution in [1.29, 1.82) is 0 Å². The van der Waals surface area contributed by atoms with Gasteiger partial charge in [-0.05, 0) is 13.6 Å². The quantitative estimate of drug-likeness (QED) is 0.689. The Hall–Kier alpha value is -1.13. The monoisotopic (exact) mass is 209 g/mol. The Morgan fingerprint density at radius 3 is 3.13 bits per heavy atom. The van der Waals surface area contributed by atoms with Gasteiger partial charge in [0.15, 0.2) is 5.76 Å². The molecule has 0 atom stereocenters. The molecule has 15 heavy (non-hydrogen) atoms. The van der Waals surface area contributed by atoms with E-state index in [0.29, 0.717) is 0 Å². The summed E-state index contributed by atoms with van der Waals surface area (Å²) in [5.41, 5.74) is 0.957. The first-order valence-corrected chi connectivity index (χ1v) is 5.21. The van der Waals surface area contributed by atoms with Gasteiger partial charge in [-0.3, -0.25) is 4.90 Å². The van der Waals surface area contributed by atoms with Gasteiger partial charge in [0.25, 0.3) is 0 Å². The second kappa shape index (κ2) is 6.37. The molecule has 0 unspecified atom stereocenters. The second-order valence-electron chi connectivity index (χ2n) is 3.55. The van der Waals surface area contributed by atoms with Crippen LogP contribution in [0.3, 0.4) is 0 Å². The summed E-state index contributed by atoms with van der Waals surface area (Å²) in [5, 5.41) is 7.18. The molecule has 0 aliphatic heterocycles. The van der Waals surface area contributed by atoms with Crippen LogP contribution in [0, 0.1) is 0 Å². The number of nitrogens with zero attached hydrogens (tertiary/aromatic N) is 2. The normalized spacial score (nSPS) is 10.9. The molecule has 4 heteroatoms. The van der Waals surface area contributed by atoms with E-state index < -0.39 is 0 Å². The van der Waals surface area contributed by atoms with Crippen molar-refractivity contribution in [3.05, 3.63) is 30.2 Å². The minimum atomic E-state index is 0.769. The maximum Gasteiger partial charge on any atom is 0.151 e. The van der Waals surface area contributed by atoms with Gasteiger partial charge in [-0.25, -0.2) is 0 Å². The first kappa shape index (κ1) is 11.9. The van der Waals surface area contributed by atoms with Crippen LogP contribution in [0.4, 0.5) is 0 Å². The van der Waals surface area contributed by atoms with Gasteiger partial charge >= 0.3 is 0 Å². The Balaban J connectivity index is 2.41. The third-order valence-corrected chi connectivity index (χ3v) is 2.03. The first-order valence-electron chi connectivity index (χ1n) is 5.21. The predicted molar refractivity (Wildman–Crippen MR) is 60.4 cm³/mol. The Morgan fingerprint density at radius 2 is 2.47 bits per heavy atom. The highest BCUT2D eigenvalue weighted by Crippen LogP contribution is 2.06. The number of nitrogens with one attached hydrogen (secondary N) is 1. The van der Waals surface area contributed by atoms with Crippen molar-refractivity contribution in [2.24, 2.45) is 0 Å². The molecule has 1 aromatic heterocycles. The summed E-state index contributed by atoms with van der Waals surface area (Å²) >= 11 is 0. The Labute approximate surface area is 90.9 Å². The SMILES string of the molecule is C=CCN(C)Cc1cc(CNCC)no1. The van der Waals surface area contributed by atoms with Gasteiger partial charge in [-0.2, -0.15) is 0 Å². The Morgan fingerprint density at radius 1 is 1.67 bits per heavy atom. The van der Waals surface area contributed by atoms with Crippen LogP contribution in [-0.2, 0) is 13.1 Å². The lowest BCUT2D eigenvalue weighted by Gasteiger charge is -2.10. The largest absolute Gasteiger partial charge is 0.360 e. The molecular formula is C11H19N3O. The summed E-state index contributed by atoms with van der Waals surface area (Å²) in [6.45, 7) is 9.09. The standard InChI is InChI=1S/C11H19N3O/c1-4-6-14(3)9-11-7-10(13-15-11)8-12-5-2/h4,7,12H,1,5-6,8-9H2,2-3H3. The van der Waals surface area contributed by atoms with E-state index in [1.165, 1.54) is 0 Å². The van der Waals surface area contributed by atoms with Gasteiger partial charge < -0.3 is 9.84 Å². The van der Waals surface area contributed by atoms with Crippen LogP contribution in [0.1, 0.15) is 18.4 Å². The van der Waals surface area contributed by atoms with Crippen LogP contribution in [0.5, 0.6) is 0 Å². The molecule has 0 aliphatic rings. The number of hydrogen-bond donors (Lipinski definition) is 1. The van der Waals surface area contributed by atoms with Crippen molar-refractivity contribution in [2.75, 3.05) is 20.1 Å². The summed E-state index contributed by atoms with van der Waals surface area (Å²) in [6, 6.07) is 1.99. The maximum absolute atomic E-state index is 5.21. The molecule has 0 fully saturated rings. The van der Waals surface area contributed by atoms with Crippen LogP contribution in [-0.4, -0.2) is 30.2 Å². The van der Waals surface area contributed by atoms with Gasteiger partial charge in [0, 0.05) is 19.2 Å². The van der Waals surface area contributed by atoms with E-state index in [9.17, 15) is 0 Å². The first-order chi connectivity index (χ1) is 7.26. The molecule has 0 saturated carbocycles. The van der Waals surface area contributed by atoms with Gasteiger partial charge in [0.05, 0.1) is 12.2 Å². The number of hydrogen-bond acceptors (Lipinski definition) is 4. The van der Waals surface area contributed by atoms with E-state index in [0.717, 1.165) is 37.6 Å². The number of aromatic nitrogens is 1. The Kier molecular flexibility index (Phi) is 5.07. The predicted octanol–water partition coefficient (Wildman–Crippen LogP) is 1.40. The van der Waals surface area contributed by atoms with E-state index in [2.05, 4.69) is 28.9 Å². The van der Waals surface area contributed by atoms with Crippen molar-refractivity contribution in [1.82, 2.24) is 15.4 Å². The second-order valence-corrected chi connectivity index (χ2v) is 3.55. The molecule has 1 heterocycles. The van der Waals surface area contributed by atoms with Crippen LogP contribution in [0.15, 0.2) is 23.2 Å². The molecule has 84 valence electrons. The summed E-state index contributed by atoms with van der Waals surface area (Å²) in [6.07, 6.45) is 1.87. The van der Waals surface area contributed by atoms with Crippen LogP contribution < -0.4 is 5.32 Å². The van der Waals surface area contributed by atoms with Crippen LogP contribution in [0.2, 0.25) is 0 Å². The fourth-order valence-electron chi connectivity index (χ4n) is 1.32. The molecule has 1 N–H and O–H groups in total. The number of rotatable bonds is 7. The zero-order chi connectivity index (χ0) is 11.1. The highest BCUT2D eigenvalue weighted by molar-refractivity contribution is 5.05. The Bertz CT molecular complexity index is 296. The molecule has 0 aliphatic carbocycles. The van der Waals surface area contributed by atoms with E-state index in [1.807, 2.05) is 19.2 Å². The molecule has 0 bridgehead atoms. The average Bonchev–Trinajstić information content (AvgIpc) is 2.63. The zero-order valence-electron chi connectivity index (χ0n) is 9.49. The van der Waals surface area contributed by atoms with Crippen molar-refractivity contribution < 1.29 is 4.52 Å². The lowest BCUT2D eigenvalue weighted by Crippen LogP contribution is -2.17. The van der Waals surface area contributed by atoms with E-state index in [4.69, 9.17) is 4.52 Å². The summed E-state index contributed by atoms with van der Waals surface area (Å²) < 4.78 is 5.21. The summed E-state index contributed by atoms with van der Waals surface area (Å²) in [5.74, 6) is 0.896. The zero-order valence-corrected chi connectivity index (χ0v) is 9.49. The molecule has 0 radical (unpaired) electrons. The van der Waals surface area contributed by atoms with Gasteiger partial charge in [-0.1, -0.05) is 18.2 Å². The minimum absolute atomic E-state index is 0.769. The third-order valence-electron chi connectivity index (χ3n) is 2.03. The molecule has 1 rings (SSSR count). The van der Waals surface area contributed by atoms with E-state index in [-0.39, 0.29) is 0 Å². The highest BCUT2D eigenvalue weighted by Gasteiger charge is 2.05. The van der Waals surface area contributed by atoms with Gasteiger partial charge in [0.1, 0.15) is 0 Å². The van der Waals surface area contributed by atoms with E-state index in [1.54, 1.807) is 0 Å². The topological polar surface area (TPSA) is 41.3 Å². The van der Waals surface area contributed by atoms with Gasteiger partial charge in [-0.15, -0.1) is 6.58 Å². The van der Waals surface area contributed by atoms with Gasteiger partial charge in [0.2, 0.25) is 0 Å². The minimum Gasteiger partial charge on any atom is -0.360 e. The molecule has 0 amide bonds. The lowest BCUT2D eigenvalue weighted by molar-refractivity contribution is 0.290. The number of likely N-dealkylation sites (N-methyl/N-ethyl adjacent to an activating group) is 1. The van der Waals surface area contributed by atoms with Crippen LogP contribution in [0.25, 0.3) is 0 Å². The summed E-state index contributed by atoms with van der Waals surface area (Å²) in [7, 11) is 2.02. The van der Waals surface area contributed by atoms with Crippen molar-refractivity contribution >= 4 is 0 Å². The fraction of sp³-hybridized carbons (Fsp3) is 0.545. The molecule has 4 nitrogen and oxygen atoms in total. The average molecular weight is 209 g/mol. The molecular weight excluding hydrogens is 190 g/mol. The molecule has 0 spiro atoms. The lowest BCUT2D eigenvalue weighted by atomic mass is 10.3. The van der Waals surface area contributed by atoms with Crippen molar-refractivity contribution in [2.45, 2.75) is 20.0 Å². The van der Waals surface area contributed by atoms with E-state index >= 15 is 0 Å². The van der Waals surface area contributed by atoms with Crippen LogP contribution >= 0.6 is 0 Å². The summed E-state index contributed by atoms with van der Waals surface area (Å²) in [4.78, 5) is 2.12. The van der Waals surface area contributed by atoms with Crippen molar-refractivity contribution in [3.8, 4) is 0 Å². The maximum atomic E-state index is 5.21. The molecule has 0 aromatic carbocycles. The third kappa shape index (κ3) is 4.27. The smallest absolute Gasteiger partial charge is 0.151 e. The fourth-order valence-corrected chi connectivity index (χ4v) is 1.32. The molecule has 1 aromatic rings. The highest BCUT2D eigenvalue weighted by atomic mass is 16.5. The molecule has 0 saturated heterocycles. The van der Waals surface area contributed by atoms with Crippen molar-refractivity contribution in [3.63, 3.8) is 0 Å².